The largest absolute Gasteiger partial charge is 0.380 e. The van der Waals surface area contributed by atoms with Crippen molar-refractivity contribution in [3.05, 3.63) is 35.4 Å². The maximum absolute atomic E-state index is 12.3. The minimum atomic E-state index is 0.0922. The van der Waals surface area contributed by atoms with Crippen LogP contribution in [0.5, 0.6) is 0 Å². The Hall–Kier alpha value is -1.39. The fourth-order valence-corrected chi connectivity index (χ4v) is 3.00. The molecule has 1 aliphatic rings. The minimum Gasteiger partial charge on any atom is -0.380 e. The van der Waals surface area contributed by atoms with Crippen LogP contribution in [0.1, 0.15) is 30.4 Å². The number of hydrogen-bond donors (Lipinski definition) is 2. The van der Waals surface area contributed by atoms with Crippen LogP contribution < -0.4 is 11.1 Å². The molecule has 1 fully saturated rings. The predicted octanol–water partition coefficient (Wildman–Crippen LogP) is 1.82. The van der Waals surface area contributed by atoms with E-state index in [0.717, 1.165) is 30.4 Å². The summed E-state index contributed by atoms with van der Waals surface area (Å²) in [7, 11) is 1.68. The second-order valence-corrected chi connectivity index (χ2v) is 5.45. The number of hydrogen-bond acceptors (Lipinski definition) is 3. The Bertz CT molecular complexity index is 448. The zero-order valence-corrected chi connectivity index (χ0v) is 12.1. The lowest BCUT2D eigenvalue weighted by molar-refractivity contribution is -0.126. The molecule has 2 atom stereocenters. The van der Waals surface area contributed by atoms with E-state index in [1.54, 1.807) is 7.11 Å². The predicted molar refractivity (Wildman–Crippen MR) is 78.9 cm³/mol. The number of nitrogens with one attached hydrogen (secondary N) is 1. The van der Waals surface area contributed by atoms with E-state index in [4.69, 9.17) is 10.5 Å². The normalized spacial score (nSPS) is 21.9. The molecule has 1 saturated carbocycles. The van der Waals surface area contributed by atoms with Crippen LogP contribution in [0, 0.1) is 11.8 Å². The molecular formula is C16H24N2O2. The fourth-order valence-electron chi connectivity index (χ4n) is 3.00. The van der Waals surface area contributed by atoms with Gasteiger partial charge >= 0.3 is 0 Å². The average molecular weight is 276 g/mol. The summed E-state index contributed by atoms with van der Waals surface area (Å²) in [5, 5.41) is 3.05. The van der Waals surface area contributed by atoms with Crippen LogP contribution in [0.15, 0.2) is 24.3 Å². The van der Waals surface area contributed by atoms with Crippen molar-refractivity contribution in [2.45, 2.75) is 32.4 Å². The number of methoxy groups -OCH3 is 1. The highest BCUT2D eigenvalue weighted by atomic mass is 16.5. The molecular weight excluding hydrogens is 252 g/mol. The lowest BCUT2D eigenvalue weighted by Crippen LogP contribution is -2.34. The van der Waals surface area contributed by atoms with E-state index >= 15 is 0 Å². The van der Waals surface area contributed by atoms with Crippen molar-refractivity contribution >= 4 is 5.91 Å². The van der Waals surface area contributed by atoms with Crippen LogP contribution in [-0.4, -0.2) is 19.6 Å². The van der Waals surface area contributed by atoms with Gasteiger partial charge in [0.05, 0.1) is 6.61 Å². The van der Waals surface area contributed by atoms with Gasteiger partial charge in [-0.05, 0) is 36.4 Å². The van der Waals surface area contributed by atoms with Gasteiger partial charge in [-0.1, -0.05) is 30.7 Å². The summed E-state index contributed by atoms with van der Waals surface area (Å²) in [6, 6.07) is 8.03. The van der Waals surface area contributed by atoms with E-state index in [2.05, 4.69) is 5.32 Å². The van der Waals surface area contributed by atoms with Gasteiger partial charge in [-0.2, -0.15) is 0 Å². The Kier molecular flexibility index (Phi) is 5.56. The second-order valence-electron chi connectivity index (χ2n) is 5.45. The quantitative estimate of drug-likeness (QED) is 0.833. The van der Waals surface area contributed by atoms with Crippen molar-refractivity contribution in [3.8, 4) is 0 Å². The summed E-state index contributed by atoms with van der Waals surface area (Å²) in [4.78, 5) is 12.3. The van der Waals surface area contributed by atoms with Crippen molar-refractivity contribution in [1.29, 1.82) is 0 Å². The highest BCUT2D eigenvalue weighted by Crippen LogP contribution is 2.31. The van der Waals surface area contributed by atoms with E-state index in [9.17, 15) is 4.79 Å². The molecule has 0 radical (unpaired) electrons. The van der Waals surface area contributed by atoms with Crippen molar-refractivity contribution < 1.29 is 9.53 Å². The van der Waals surface area contributed by atoms with E-state index in [0.29, 0.717) is 25.6 Å². The highest BCUT2D eigenvalue weighted by molar-refractivity contribution is 5.79. The summed E-state index contributed by atoms with van der Waals surface area (Å²) < 4.78 is 5.18. The Morgan fingerprint density at radius 1 is 1.35 bits per heavy atom. The van der Waals surface area contributed by atoms with Gasteiger partial charge in [0.15, 0.2) is 0 Å². The molecule has 3 N–H and O–H groups in total. The topological polar surface area (TPSA) is 64.3 Å². The van der Waals surface area contributed by atoms with Crippen molar-refractivity contribution in [2.24, 2.45) is 17.6 Å². The maximum Gasteiger partial charge on any atom is 0.223 e. The van der Waals surface area contributed by atoms with Crippen LogP contribution in [0.2, 0.25) is 0 Å². The number of carbonyl (C=O) groups excluding carboxylic acids is 1. The van der Waals surface area contributed by atoms with Gasteiger partial charge in [-0.3, -0.25) is 4.79 Å². The molecule has 0 spiro atoms. The number of carbonyl (C=O) groups is 1. The van der Waals surface area contributed by atoms with Gasteiger partial charge in [0.2, 0.25) is 5.91 Å². The molecule has 0 bridgehead atoms. The molecule has 1 aromatic carbocycles. The van der Waals surface area contributed by atoms with E-state index in [1.807, 2.05) is 24.3 Å². The zero-order chi connectivity index (χ0) is 14.4. The third-order valence-electron chi connectivity index (χ3n) is 4.17. The van der Waals surface area contributed by atoms with Crippen LogP contribution in [0.4, 0.5) is 0 Å². The summed E-state index contributed by atoms with van der Waals surface area (Å²) in [5.41, 5.74) is 7.97. The molecule has 0 saturated heterocycles. The molecule has 1 amide bonds. The molecule has 20 heavy (non-hydrogen) atoms. The third-order valence-corrected chi connectivity index (χ3v) is 4.17. The number of amides is 1. The van der Waals surface area contributed by atoms with E-state index < -0.39 is 0 Å². The SMILES string of the molecule is COCc1ccccc1CNC(=O)C1CCCC1CN. The van der Waals surface area contributed by atoms with Crippen LogP contribution in [0.25, 0.3) is 0 Å². The number of nitrogens with two attached hydrogens (primary N) is 1. The second kappa shape index (κ2) is 7.41. The van der Waals surface area contributed by atoms with E-state index in [1.165, 1.54) is 0 Å². The molecule has 4 heteroatoms. The van der Waals surface area contributed by atoms with Gasteiger partial charge in [-0.15, -0.1) is 0 Å². The first-order chi connectivity index (χ1) is 9.76. The molecule has 0 aromatic heterocycles. The van der Waals surface area contributed by atoms with Crippen LogP contribution in [0.3, 0.4) is 0 Å². The summed E-state index contributed by atoms with van der Waals surface area (Å²) >= 11 is 0. The van der Waals surface area contributed by atoms with Gasteiger partial charge < -0.3 is 15.8 Å². The van der Waals surface area contributed by atoms with Crippen molar-refractivity contribution in [3.63, 3.8) is 0 Å². The van der Waals surface area contributed by atoms with Gasteiger partial charge in [0.25, 0.3) is 0 Å². The number of ether oxygens (including phenoxy) is 1. The molecule has 0 heterocycles. The molecule has 1 aromatic rings. The van der Waals surface area contributed by atoms with Gasteiger partial charge in [0, 0.05) is 19.6 Å². The number of benzene rings is 1. The zero-order valence-electron chi connectivity index (χ0n) is 12.1. The Balaban J connectivity index is 1.93. The Morgan fingerprint density at radius 2 is 2.10 bits per heavy atom. The lowest BCUT2D eigenvalue weighted by atomic mass is 9.95. The Morgan fingerprint density at radius 3 is 2.80 bits per heavy atom. The molecule has 1 aliphatic carbocycles. The number of rotatable bonds is 6. The summed E-state index contributed by atoms with van der Waals surface area (Å²) in [6.45, 7) is 1.74. The Labute approximate surface area is 120 Å². The molecule has 2 unspecified atom stereocenters. The first-order valence-electron chi connectivity index (χ1n) is 7.29. The maximum atomic E-state index is 12.3. The summed E-state index contributed by atoms with van der Waals surface area (Å²) in [5.74, 6) is 0.587. The van der Waals surface area contributed by atoms with Crippen LogP contribution in [-0.2, 0) is 22.7 Å². The highest BCUT2D eigenvalue weighted by Gasteiger charge is 2.31. The molecule has 2 rings (SSSR count). The van der Waals surface area contributed by atoms with Gasteiger partial charge in [0.1, 0.15) is 0 Å². The van der Waals surface area contributed by atoms with Gasteiger partial charge in [-0.25, -0.2) is 0 Å². The van der Waals surface area contributed by atoms with Crippen molar-refractivity contribution in [2.75, 3.05) is 13.7 Å². The summed E-state index contributed by atoms with van der Waals surface area (Å²) in [6.07, 6.45) is 3.16. The van der Waals surface area contributed by atoms with Crippen LogP contribution >= 0.6 is 0 Å². The first-order valence-corrected chi connectivity index (χ1v) is 7.29. The third kappa shape index (κ3) is 3.58. The fraction of sp³-hybridized carbons (Fsp3) is 0.562. The smallest absolute Gasteiger partial charge is 0.223 e. The standard InChI is InChI=1S/C16H24N2O2/c1-20-11-14-6-3-2-5-13(14)10-18-16(19)15-8-4-7-12(15)9-17/h2-3,5-6,12,15H,4,7-11,17H2,1H3,(H,18,19). The lowest BCUT2D eigenvalue weighted by Gasteiger charge is -2.18. The average Bonchev–Trinajstić information content (AvgIpc) is 2.95. The first kappa shape index (κ1) is 15.0. The van der Waals surface area contributed by atoms with E-state index in [-0.39, 0.29) is 11.8 Å². The minimum absolute atomic E-state index is 0.0922. The molecule has 0 aliphatic heterocycles. The molecule has 110 valence electrons. The molecule has 4 nitrogen and oxygen atoms in total. The monoisotopic (exact) mass is 276 g/mol. The van der Waals surface area contributed by atoms with Crippen molar-refractivity contribution in [1.82, 2.24) is 5.32 Å².